The fourth-order valence-electron chi connectivity index (χ4n) is 1.24. The van der Waals surface area contributed by atoms with E-state index in [1.54, 1.807) is 0 Å². The zero-order valence-electron chi connectivity index (χ0n) is 8.59. The highest BCUT2D eigenvalue weighted by atomic mass is 19.4. The number of hydrogen-bond donors (Lipinski definition) is 0. The molecule has 0 aliphatic carbocycles. The summed E-state index contributed by atoms with van der Waals surface area (Å²) in [4.78, 5) is 10.5. The van der Waals surface area contributed by atoms with Crippen LogP contribution >= 0.6 is 0 Å². The van der Waals surface area contributed by atoms with Crippen molar-refractivity contribution in [2.24, 2.45) is 0 Å². The van der Waals surface area contributed by atoms with E-state index in [9.17, 15) is 18.0 Å². The molecule has 0 aliphatic heterocycles. The Bertz CT molecular complexity index is 399. The van der Waals surface area contributed by atoms with Crippen molar-refractivity contribution in [3.8, 4) is 11.5 Å². The Morgan fingerprint density at radius 2 is 1.62 bits per heavy atom. The van der Waals surface area contributed by atoms with E-state index in [0.29, 0.717) is 0 Å². The molecule has 0 saturated heterocycles. The average Bonchev–Trinajstić information content (AvgIpc) is 2.25. The van der Waals surface area contributed by atoms with Gasteiger partial charge in [-0.3, -0.25) is 4.79 Å². The van der Waals surface area contributed by atoms with Gasteiger partial charge < -0.3 is 9.47 Å². The summed E-state index contributed by atoms with van der Waals surface area (Å²) in [5.41, 5.74) is -1.52. The lowest BCUT2D eigenvalue weighted by molar-refractivity contribution is -0.137. The minimum absolute atomic E-state index is 0.0691. The van der Waals surface area contributed by atoms with E-state index in [4.69, 9.17) is 9.47 Å². The lowest BCUT2D eigenvalue weighted by atomic mass is 10.1. The van der Waals surface area contributed by atoms with Crippen molar-refractivity contribution < 1.29 is 27.4 Å². The Kier molecular flexibility index (Phi) is 3.41. The van der Waals surface area contributed by atoms with Crippen molar-refractivity contribution in [2.75, 3.05) is 14.2 Å². The van der Waals surface area contributed by atoms with Crippen LogP contribution in [0.4, 0.5) is 13.2 Å². The third kappa shape index (κ3) is 2.26. The van der Waals surface area contributed by atoms with Crippen LogP contribution in [0.25, 0.3) is 0 Å². The summed E-state index contributed by atoms with van der Waals surface area (Å²) in [6.07, 6.45) is -4.47. The van der Waals surface area contributed by atoms with E-state index < -0.39 is 17.3 Å². The van der Waals surface area contributed by atoms with Gasteiger partial charge in [-0.25, -0.2) is 0 Å². The Hall–Kier alpha value is -1.72. The maximum Gasteiger partial charge on any atom is 0.417 e. The SMILES string of the molecule is COc1cc(C=O)c(C(F)(F)F)cc1OC. The molecule has 0 saturated carbocycles. The Morgan fingerprint density at radius 1 is 1.12 bits per heavy atom. The van der Waals surface area contributed by atoms with Gasteiger partial charge in [-0.1, -0.05) is 0 Å². The van der Waals surface area contributed by atoms with Crippen molar-refractivity contribution in [1.82, 2.24) is 0 Å². The monoisotopic (exact) mass is 234 g/mol. The third-order valence-corrected chi connectivity index (χ3v) is 1.99. The molecule has 0 radical (unpaired) electrons. The molecule has 0 aliphatic rings. The number of hydrogen-bond acceptors (Lipinski definition) is 3. The standard InChI is InChI=1S/C10H9F3O3/c1-15-8-3-6(5-14)7(10(11,12)13)4-9(8)16-2/h3-5H,1-2H3. The van der Waals surface area contributed by atoms with E-state index in [0.717, 1.165) is 12.1 Å². The molecule has 0 aromatic heterocycles. The molecule has 1 aromatic rings. The first-order valence-corrected chi connectivity index (χ1v) is 4.22. The summed E-state index contributed by atoms with van der Waals surface area (Å²) in [7, 11) is 2.50. The summed E-state index contributed by atoms with van der Waals surface area (Å²) in [5.74, 6) is 0.0121. The van der Waals surface area contributed by atoms with Crippen LogP contribution in [0.3, 0.4) is 0 Å². The van der Waals surface area contributed by atoms with E-state index >= 15 is 0 Å². The van der Waals surface area contributed by atoms with Crippen LogP contribution in [0, 0.1) is 0 Å². The second-order valence-electron chi connectivity index (χ2n) is 2.91. The average molecular weight is 234 g/mol. The summed E-state index contributed by atoms with van der Waals surface area (Å²) in [6, 6.07) is 1.73. The van der Waals surface area contributed by atoms with E-state index in [2.05, 4.69) is 0 Å². The number of halogens is 3. The molecule has 0 amide bonds. The van der Waals surface area contributed by atoms with Gasteiger partial charge in [0, 0.05) is 5.56 Å². The van der Waals surface area contributed by atoms with E-state index in [1.807, 2.05) is 0 Å². The van der Waals surface area contributed by atoms with Crippen molar-refractivity contribution in [2.45, 2.75) is 6.18 Å². The topological polar surface area (TPSA) is 35.5 Å². The molecule has 0 atom stereocenters. The van der Waals surface area contributed by atoms with Gasteiger partial charge in [0.2, 0.25) is 0 Å². The molecule has 0 spiro atoms. The molecular weight excluding hydrogens is 225 g/mol. The highest BCUT2D eigenvalue weighted by Crippen LogP contribution is 2.38. The van der Waals surface area contributed by atoms with Gasteiger partial charge >= 0.3 is 6.18 Å². The Labute approximate surface area is 89.8 Å². The summed E-state index contributed by atoms with van der Waals surface area (Å²) < 4.78 is 47.1. The molecule has 88 valence electrons. The first-order chi connectivity index (χ1) is 7.43. The zero-order valence-corrected chi connectivity index (χ0v) is 8.59. The highest BCUT2D eigenvalue weighted by Gasteiger charge is 2.34. The lowest BCUT2D eigenvalue weighted by Crippen LogP contribution is -2.09. The molecule has 1 rings (SSSR count). The molecule has 0 N–H and O–H groups in total. The van der Waals surface area contributed by atoms with Crippen LogP contribution in [-0.2, 0) is 6.18 Å². The summed E-state index contributed by atoms with van der Waals surface area (Å²) in [6.45, 7) is 0. The molecular formula is C10H9F3O3. The number of methoxy groups -OCH3 is 2. The number of aldehydes is 1. The summed E-state index contributed by atoms with van der Waals surface area (Å²) >= 11 is 0. The largest absolute Gasteiger partial charge is 0.493 e. The number of carbonyl (C=O) groups is 1. The van der Waals surface area contributed by atoms with Gasteiger partial charge in [0.1, 0.15) is 0 Å². The van der Waals surface area contributed by atoms with Crippen LogP contribution < -0.4 is 9.47 Å². The highest BCUT2D eigenvalue weighted by molar-refractivity contribution is 5.79. The molecule has 16 heavy (non-hydrogen) atoms. The van der Waals surface area contributed by atoms with Gasteiger partial charge in [0.15, 0.2) is 17.8 Å². The first-order valence-electron chi connectivity index (χ1n) is 4.22. The van der Waals surface area contributed by atoms with Gasteiger partial charge in [-0.05, 0) is 12.1 Å². The van der Waals surface area contributed by atoms with Gasteiger partial charge in [0.25, 0.3) is 0 Å². The number of alkyl halides is 3. The summed E-state index contributed by atoms with van der Waals surface area (Å²) in [5, 5.41) is 0. The van der Waals surface area contributed by atoms with Crippen molar-refractivity contribution >= 4 is 6.29 Å². The molecule has 0 fully saturated rings. The predicted molar refractivity (Wildman–Crippen MR) is 49.9 cm³/mol. The second kappa shape index (κ2) is 4.42. The van der Waals surface area contributed by atoms with Crippen LogP contribution in [0.5, 0.6) is 11.5 Å². The number of ether oxygens (including phenoxy) is 2. The fourth-order valence-corrected chi connectivity index (χ4v) is 1.24. The van der Waals surface area contributed by atoms with Crippen molar-refractivity contribution in [1.29, 1.82) is 0 Å². The first kappa shape index (κ1) is 12.4. The van der Waals surface area contributed by atoms with Gasteiger partial charge in [0.05, 0.1) is 19.8 Å². The van der Waals surface area contributed by atoms with E-state index in [1.165, 1.54) is 14.2 Å². The lowest BCUT2D eigenvalue weighted by Gasteiger charge is -2.13. The number of rotatable bonds is 3. The molecule has 0 unspecified atom stereocenters. The van der Waals surface area contributed by atoms with Crippen LogP contribution in [0.1, 0.15) is 15.9 Å². The van der Waals surface area contributed by atoms with Crippen LogP contribution in [0.2, 0.25) is 0 Å². The van der Waals surface area contributed by atoms with Crippen molar-refractivity contribution in [3.63, 3.8) is 0 Å². The number of benzene rings is 1. The quantitative estimate of drug-likeness (QED) is 0.754. The second-order valence-corrected chi connectivity index (χ2v) is 2.91. The van der Waals surface area contributed by atoms with Crippen LogP contribution in [-0.4, -0.2) is 20.5 Å². The minimum Gasteiger partial charge on any atom is -0.493 e. The molecule has 0 bridgehead atoms. The molecule has 6 heteroatoms. The Morgan fingerprint density at radius 3 is 2.00 bits per heavy atom. The van der Waals surface area contributed by atoms with E-state index in [-0.39, 0.29) is 17.8 Å². The Balaban J connectivity index is 3.43. The van der Waals surface area contributed by atoms with Gasteiger partial charge in [-0.2, -0.15) is 13.2 Å². The van der Waals surface area contributed by atoms with Gasteiger partial charge in [-0.15, -0.1) is 0 Å². The minimum atomic E-state index is -4.60. The third-order valence-electron chi connectivity index (χ3n) is 1.99. The predicted octanol–water partition coefficient (Wildman–Crippen LogP) is 2.54. The molecule has 1 aromatic carbocycles. The normalized spacial score (nSPS) is 11.1. The molecule has 3 nitrogen and oxygen atoms in total. The van der Waals surface area contributed by atoms with Crippen LogP contribution in [0.15, 0.2) is 12.1 Å². The molecule has 0 heterocycles. The maximum atomic E-state index is 12.5. The fraction of sp³-hybridized carbons (Fsp3) is 0.300. The zero-order chi connectivity index (χ0) is 12.3. The van der Waals surface area contributed by atoms with Crippen molar-refractivity contribution in [3.05, 3.63) is 23.3 Å². The smallest absolute Gasteiger partial charge is 0.417 e. The maximum absolute atomic E-state index is 12.5. The number of carbonyl (C=O) groups excluding carboxylic acids is 1.